The molecule has 0 spiro atoms. The van der Waals surface area contributed by atoms with Gasteiger partial charge in [-0.1, -0.05) is 6.08 Å². The monoisotopic (exact) mass is 429 g/mol. The summed E-state index contributed by atoms with van der Waals surface area (Å²) < 4.78 is 11.4. The predicted octanol–water partition coefficient (Wildman–Crippen LogP) is -2.01. The third kappa shape index (κ3) is 7.12. The lowest BCUT2D eigenvalue weighted by atomic mass is 10.2. The zero-order valence-electron chi connectivity index (χ0n) is 17.0. The smallest absolute Gasteiger partial charge is 0.336 e. The van der Waals surface area contributed by atoms with Crippen LogP contribution in [0.15, 0.2) is 27.0 Å². The van der Waals surface area contributed by atoms with Gasteiger partial charge < -0.3 is 19.7 Å². The van der Waals surface area contributed by atoms with E-state index in [0.29, 0.717) is 9.13 Å². The summed E-state index contributed by atoms with van der Waals surface area (Å²) in [6.07, 6.45) is -0.983. The van der Waals surface area contributed by atoms with E-state index in [4.69, 9.17) is 4.74 Å². The van der Waals surface area contributed by atoms with E-state index in [1.165, 1.54) is 20.1 Å². The largest absolute Gasteiger partial charge is 0.469 e. The van der Waals surface area contributed by atoms with E-state index in [-0.39, 0.29) is 32.4 Å². The van der Waals surface area contributed by atoms with Crippen LogP contribution in [-0.2, 0) is 38.7 Å². The first-order valence-electron chi connectivity index (χ1n) is 9.26. The second-order valence-corrected chi connectivity index (χ2v) is 6.58. The third-order valence-corrected chi connectivity index (χ3v) is 3.96. The van der Waals surface area contributed by atoms with E-state index >= 15 is 0 Å². The van der Waals surface area contributed by atoms with Crippen LogP contribution in [0, 0.1) is 0 Å². The molecule has 12 heteroatoms. The third-order valence-electron chi connectivity index (χ3n) is 3.96. The highest BCUT2D eigenvalue weighted by atomic mass is 16.5. The molecule has 0 fully saturated rings. The maximum Gasteiger partial charge on any atom is 0.336 e. The van der Waals surface area contributed by atoms with Gasteiger partial charge in [-0.15, -0.1) is 6.58 Å². The molecule has 168 valence electrons. The fraction of sp³-hybridized carbons (Fsp3) is 0.611. The molecule has 0 saturated heterocycles. The minimum Gasteiger partial charge on any atom is -0.469 e. The molecular weight excluding hydrogens is 402 g/mol. The van der Waals surface area contributed by atoms with Crippen molar-refractivity contribution in [3.05, 3.63) is 44.1 Å². The molecule has 0 saturated carbocycles. The van der Waals surface area contributed by atoms with Crippen molar-refractivity contribution in [2.24, 2.45) is 0 Å². The number of aliphatic hydroxyl groups is 2. The molecule has 1 aromatic rings. The molecule has 2 atom stereocenters. The molecule has 1 heterocycles. The summed E-state index contributed by atoms with van der Waals surface area (Å²) in [6, 6.07) is 0. The number of carbonyl (C=O) groups is 2. The van der Waals surface area contributed by atoms with Gasteiger partial charge >= 0.3 is 29.0 Å². The lowest BCUT2D eigenvalue weighted by Crippen LogP contribution is -2.56. The van der Waals surface area contributed by atoms with E-state index < -0.39 is 54.4 Å². The number of aromatic nitrogens is 3. The lowest BCUT2D eigenvalue weighted by Gasteiger charge is -2.16. The number of methoxy groups -OCH3 is 1. The van der Waals surface area contributed by atoms with Crippen molar-refractivity contribution in [1.82, 2.24) is 13.7 Å². The highest BCUT2D eigenvalue weighted by molar-refractivity contribution is 5.72. The number of rotatable bonds is 12. The van der Waals surface area contributed by atoms with Crippen LogP contribution in [0.1, 0.15) is 26.2 Å². The van der Waals surface area contributed by atoms with E-state index in [1.807, 2.05) is 0 Å². The van der Waals surface area contributed by atoms with Gasteiger partial charge in [0, 0.05) is 12.8 Å². The van der Waals surface area contributed by atoms with Gasteiger partial charge in [0.2, 0.25) is 0 Å². The number of nitrogens with zero attached hydrogens (tertiary/aromatic N) is 3. The Morgan fingerprint density at radius 1 is 1.00 bits per heavy atom. The molecule has 2 N–H and O–H groups in total. The zero-order chi connectivity index (χ0) is 22.8. The van der Waals surface area contributed by atoms with Gasteiger partial charge in [0.15, 0.2) is 0 Å². The summed E-state index contributed by atoms with van der Waals surface area (Å²) in [5.41, 5.74) is -2.88. The summed E-state index contributed by atoms with van der Waals surface area (Å²) >= 11 is 0. The summed E-state index contributed by atoms with van der Waals surface area (Å²) in [6.45, 7) is 3.26. The second-order valence-electron chi connectivity index (χ2n) is 6.58. The summed E-state index contributed by atoms with van der Waals surface area (Å²) in [5, 5.41) is 19.6. The van der Waals surface area contributed by atoms with Crippen molar-refractivity contribution in [3.63, 3.8) is 0 Å². The van der Waals surface area contributed by atoms with Crippen LogP contribution in [0.2, 0.25) is 0 Å². The van der Waals surface area contributed by atoms with Crippen LogP contribution in [0.5, 0.6) is 0 Å². The minimum atomic E-state index is -1.41. The topological polar surface area (TPSA) is 159 Å². The molecule has 0 aliphatic rings. The predicted molar refractivity (Wildman–Crippen MR) is 104 cm³/mol. The highest BCUT2D eigenvalue weighted by Crippen LogP contribution is 2.00. The molecule has 0 amide bonds. The summed E-state index contributed by atoms with van der Waals surface area (Å²) in [7, 11) is 1.23. The van der Waals surface area contributed by atoms with Gasteiger partial charge in [-0.3, -0.25) is 9.59 Å². The molecule has 2 unspecified atom stereocenters. The van der Waals surface area contributed by atoms with Gasteiger partial charge in [0.1, 0.15) is 12.7 Å². The van der Waals surface area contributed by atoms with Gasteiger partial charge in [-0.2, -0.15) is 0 Å². The summed E-state index contributed by atoms with van der Waals surface area (Å²) in [4.78, 5) is 60.0. The van der Waals surface area contributed by atoms with Crippen molar-refractivity contribution in [2.75, 3.05) is 13.7 Å². The van der Waals surface area contributed by atoms with E-state index in [2.05, 4.69) is 11.3 Å². The number of aliphatic hydroxyl groups excluding tert-OH is 2. The first-order valence-corrected chi connectivity index (χ1v) is 9.26. The van der Waals surface area contributed by atoms with Gasteiger partial charge in [-0.25, -0.2) is 28.1 Å². The van der Waals surface area contributed by atoms with Crippen molar-refractivity contribution in [3.8, 4) is 0 Å². The second kappa shape index (κ2) is 11.9. The Labute approximate surface area is 171 Å². The number of hydrogen-bond acceptors (Lipinski definition) is 9. The number of ether oxygens (including phenoxy) is 2. The Morgan fingerprint density at radius 2 is 1.53 bits per heavy atom. The number of hydrogen-bond donors (Lipinski definition) is 2. The van der Waals surface area contributed by atoms with Crippen molar-refractivity contribution in [1.29, 1.82) is 0 Å². The zero-order valence-corrected chi connectivity index (χ0v) is 17.0. The Morgan fingerprint density at radius 3 is 2.07 bits per heavy atom. The molecule has 0 aromatic carbocycles. The maximum atomic E-state index is 12.5. The number of carbonyl (C=O) groups excluding carboxylic acids is 2. The van der Waals surface area contributed by atoms with Crippen LogP contribution >= 0.6 is 0 Å². The number of allylic oxidation sites excluding steroid dienone is 1. The van der Waals surface area contributed by atoms with Crippen LogP contribution < -0.4 is 17.1 Å². The molecule has 30 heavy (non-hydrogen) atoms. The van der Waals surface area contributed by atoms with Crippen LogP contribution in [0.4, 0.5) is 0 Å². The van der Waals surface area contributed by atoms with Crippen LogP contribution in [0.3, 0.4) is 0 Å². The van der Waals surface area contributed by atoms with Crippen molar-refractivity contribution >= 4 is 11.9 Å². The Hall–Kier alpha value is -2.99. The van der Waals surface area contributed by atoms with Crippen molar-refractivity contribution < 1.29 is 29.3 Å². The molecular formula is C18H27N3O9. The van der Waals surface area contributed by atoms with E-state index in [0.717, 1.165) is 4.57 Å². The number of esters is 2. The first-order chi connectivity index (χ1) is 14.1. The Kier molecular flexibility index (Phi) is 9.92. The summed E-state index contributed by atoms with van der Waals surface area (Å²) in [5.74, 6) is -1.14. The average molecular weight is 429 g/mol. The fourth-order valence-electron chi connectivity index (χ4n) is 2.55. The maximum absolute atomic E-state index is 12.5. The molecule has 0 radical (unpaired) electrons. The molecule has 0 bridgehead atoms. The molecule has 0 aliphatic heterocycles. The molecule has 1 aromatic heterocycles. The molecule has 0 aliphatic carbocycles. The van der Waals surface area contributed by atoms with Crippen molar-refractivity contribution in [2.45, 2.75) is 58.0 Å². The van der Waals surface area contributed by atoms with E-state index in [1.54, 1.807) is 0 Å². The quantitative estimate of drug-likeness (QED) is 0.283. The van der Waals surface area contributed by atoms with Crippen LogP contribution in [0.25, 0.3) is 0 Å². The standard InChI is InChI=1S/C18H27N3O9/c1-4-8-19-16(26)20(9-12(2)22)18(28)21(17(19)27)10-13(23)11-30-15(25)7-5-6-14(24)29-3/h4,12-13,22-23H,1,5-11H2,2-3H3. The van der Waals surface area contributed by atoms with Crippen LogP contribution in [-0.4, -0.2) is 61.8 Å². The van der Waals surface area contributed by atoms with Gasteiger partial charge in [-0.05, 0) is 13.3 Å². The normalized spacial score (nSPS) is 12.8. The van der Waals surface area contributed by atoms with Gasteiger partial charge in [0.25, 0.3) is 0 Å². The lowest BCUT2D eigenvalue weighted by molar-refractivity contribution is -0.147. The Balaban J connectivity index is 2.92. The first kappa shape index (κ1) is 25.0. The highest BCUT2D eigenvalue weighted by Gasteiger charge is 2.19. The molecule has 1 rings (SSSR count). The average Bonchev–Trinajstić information content (AvgIpc) is 2.69. The minimum absolute atomic E-state index is 0.0389. The van der Waals surface area contributed by atoms with E-state index in [9.17, 15) is 34.2 Å². The molecule has 12 nitrogen and oxygen atoms in total. The Bertz CT molecular complexity index is 926. The fourth-order valence-corrected chi connectivity index (χ4v) is 2.55. The van der Waals surface area contributed by atoms with Gasteiger partial charge in [0.05, 0.1) is 32.8 Å². The SMILES string of the molecule is C=CCn1c(=O)n(CC(C)O)c(=O)n(CC(O)COC(=O)CCCC(=O)OC)c1=O.